The Morgan fingerprint density at radius 1 is 1.02 bits per heavy atom. The molecule has 1 aromatic rings. The quantitative estimate of drug-likeness (QED) is 0.0857. The van der Waals surface area contributed by atoms with Crippen LogP contribution in [0.4, 0.5) is 5.69 Å². The predicted octanol–water partition coefficient (Wildman–Crippen LogP) is 0.259. The number of carbonyl (C=O) groups excluding carboxylic acids is 6. The Labute approximate surface area is 298 Å². The minimum absolute atomic E-state index is 0.0251. The number of imide groups is 1. The van der Waals surface area contributed by atoms with Crippen molar-refractivity contribution in [3.63, 3.8) is 0 Å². The molecule has 6 N–H and O–H groups in total. The van der Waals surface area contributed by atoms with E-state index in [2.05, 4.69) is 25.2 Å². The van der Waals surface area contributed by atoms with E-state index in [4.69, 9.17) is 9.47 Å². The molecule has 51 heavy (non-hydrogen) atoms. The van der Waals surface area contributed by atoms with Crippen LogP contribution in [0.25, 0.3) is 0 Å². The number of aliphatic carboxylic acids is 1. The van der Waals surface area contributed by atoms with Crippen molar-refractivity contribution in [3.05, 3.63) is 29.3 Å². The van der Waals surface area contributed by atoms with Crippen molar-refractivity contribution in [1.82, 2.24) is 15.5 Å². The van der Waals surface area contributed by atoms with Gasteiger partial charge in [0.25, 0.3) is 0 Å². The van der Waals surface area contributed by atoms with Crippen molar-refractivity contribution in [1.29, 1.82) is 0 Å². The van der Waals surface area contributed by atoms with Gasteiger partial charge in [0.15, 0.2) is 6.10 Å². The first-order valence-corrected chi connectivity index (χ1v) is 17.4. The van der Waals surface area contributed by atoms with Gasteiger partial charge in [-0.1, -0.05) is 19.9 Å². The van der Waals surface area contributed by atoms with Gasteiger partial charge in [0.1, 0.15) is 25.2 Å². The zero-order chi connectivity index (χ0) is 38.4. The van der Waals surface area contributed by atoms with Crippen molar-refractivity contribution >= 4 is 56.4 Å². The highest BCUT2D eigenvalue weighted by Crippen LogP contribution is 2.27. The minimum atomic E-state index is -1.50. The minimum Gasteiger partial charge on any atom is -0.479 e. The summed E-state index contributed by atoms with van der Waals surface area (Å²) in [5, 5.41) is 37.7. The molecule has 3 rings (SSSR count). The fraction of sp³-hybridized carbons (Fsp3) is 0.618. The number of hydrogen-bond acceptors (Lipinski definition) is 11. The number of carboxylic acids is 1. The summed E-state index contributed by atoms with van der Waals surface area (Å²) in [6.45, 7) is 9.31. The maximum Gasteiger partial charge on any atom is 0.335 e. The molecule has 8 atom stereocenters. The fourth-order valence-corrected chi connectivity index (χ4v) is 5.88. The second-order valence-electron chi connectivity index (χ2n) is 14.3. The van der Waals surface area contributed by atoms with Crippen LogP contribution in [-0.4, -0.2) is 110 Å². The van der Waals surface area contributed by atoms with E-state index in [9.17, 15) is 48.9 Å². The van der Waals surface area contributed by atoms with Crippen molar-refractivity contribution in [2.45, 2.75) is 116 Å². The Balaban J connectivity index is 1.70. The number of benzene rings is 1. The molecule has 17 heteroatoms. The van der Waals surface area contributed by atoms with Gasteiger partial charge in [0, 0.05) is 18.5 Å². The van der Waals surface area contributed by atoms with E-state index in [1.54, 1.807) is 52.8 Å². The highest BCUT2D eigenvalue weighted by Gasteiger charge is 2.40. The van der Waals surface area contributed by atoms with Crippen LogP contribution in [0, 0.1) is 11.3 Å². The largest absolute Gasteiger partial charge is 0.479 e. The Kier molecular flexibility index (Phi) is 14.2. The summed E-state index contributed by atoms with van der Waals surface area (Å²) in [5.41, 5.74) is 0.154. The van der Waals surface area contributed by atoms with Crippen LogP contribution in [0.5, 0.6) is 0 Å². The maximum absolute atomic E-state index is 13.2. The van der Waals surface area contributed by atoms with Crippen LogP contribution in [0.1, 0.15) is 71.9 Å². The third kappa shape index (κ3) is 11.3. The zero-order valence-corrected chi connectivity index (χ0v) is 30.8. The predicted molar refractivity (Wildman–Crippen MR) is 185 cm³/mol. The molecule has 0 saturated carbocycles. The average Bonchev–Trinajstić information content (AvgIpc) is 3.27. The molecule has 2 aliphatic heterocycles. The number of aliphatic hydroxyl groups is 2. The maximum atomic E-state index is 13.2. The number of aryl methyl sites for hydroxylation is 1. The number of nitrogens with zero attached hydrogens (tertiary/aromatic N) is 1. The number of aliphatic hydroxyl groups excluding tert-OH is 2. The monoisotopic (exact) mass is 736 g/mol. The van der Waals surface area contributed by atoms with E-state index in [1.165, 1.54) is 6.92 Å². The Morgan fingerprint density at radius 3 is 2.25 bits per heavy atom. The smallest absolute Gasteiger partial charge is 0.335 e. The summed E-state index contributed by atoms with van der Waals surface area (Å²) in [7, 11) is 2.26. The molecule has 2 unspecified atom stereocenters. The summed E-state index contributed by atoms with van der Waals surface area (Å²) in [6.07, 6.45) is -4.77. The normalized spacial score (nSPS) is 23.4. The molecule has 282 valence electrons. The van der Waals surface area contributed by atoms with E-state index in [0.29, 0.717) is 16.8 Å². The van der Waals surface area contributed by atoms with Crippen LogP contribution in [-0.2, 0) is 56.1 Å². The van der Waals surface area contributed by atoms with Crippen LogP contribution < -0.4 is 16.0 Å². The Hall–Kier alpha value is -3.98. The Bertz CT molecular complexity index is 1510. The van der Waals surface area contributed by atoms with Crippen molar-refractivity contribution in [2.24, 2.45) is 11.3 Å². The molecule has 0 spiro atoms. The van der Waals surface area contributed by atoms with Gasteiger partial charge in [0.2, 0.25) is 29.5 Å². The zero-order valence-electron chi connectivity index (χ0n) is 29.6. The van der Waals surface area contributed by atoms with E-state index >= 15 is 0 Å². The number of esters is 1. The van der Waals surface area contributed by atoms with Gasteiger partial charge in [-0.05, 0) is 69.7 Å². The number of rotatable bonds is 14. The molecular formula is C34H49N4O12P. The van der Waals surface area contributed by atoms with Gasteiger partial charge >= 0.3 is 11.9 Å². The van der Waals surface area contributed by atoms with Gasteiger partial charge in [0.05, 0.1) is 29.4 Å². The molecule has 2 heterocycles. The lowest BCUT2D eigenvalue weighted by Gasteiger charge is -2.35. The second-order valence-corrected chi connectivity index (χ2v) is 15.1. The van der Waals surface area contributed by atoms with Crippen LogP contribution in [0.3, 0.4) is 0 Å². The molecule has 16 nitrogen and oxygen atoms in total. The third-order valence-electron chi connectivity index (χ3n) is 8.57. The molecule has 2 aliphatic rings. The number of nitrogens with one attached hydrogen (secondary N) is 3. The molecule has 0 radical (unpaired) electrons. The molecule has 0 aliphatic carbocycles. The lowest BCUT2D eigenvalue weighted by atomic mass is 9.93. The molecule has 2 saturated heterocycles. The lowest BCUT2D eigenvalue weighted by molar-refractivity contribution is -0.193. The number of anilines is 1. The first kappa shape index (κ1) is 41.4. The van der Waals surface area contributed by atoms with Crippen molar-refractivity contribution in [2.75, 3.05) is 11.9 Å². The highest BCUT2D eigenvalue weighted by molar-refractivity contribution is 7.19. The molecule has 0 bridgehead atoms. The fourth-order valence-electron chi connectivity index (χ4n) is 5.50. The highest BCUT2D eigenvalue weighted by atomic mass is 31.0. The van der Waals surface area contributed by atoms with E-state index in [-0.39, 0.29) is 32.3 Å². The summed E-state index contributed by atoms with van der Waals surface area (Å²) < 4.78 is 11.0. The molecule has 0 aromatic heterocycles. The number of ether oxygens (including phenoxy) is 2. The number of hydrogen-bond donors (Lipinski definition) is 6. The Morgan fingerprint density at radius 2 is 1.69 bits per heavy atom. The van der Waals surface area contributed by atoms with Crippen LogP contribution in [0.2, 0.25) is 0 Å². The first-order chi connectivity index (χ1) is 23.7. The number of carbonyl (C=O) groups is 7. The van der Waals surface area contributed by atoms with Crippen LogP contribution >= 0.6 is 9.24 Å². The van der Waals surface area contributed by atoms with E-state index < -0.39 is 102 Å². The van der Waals surface area contributed by atoms with Crippen molar-refractivity contribution < 1.29 is 58.4 Å². The third-order valence-corrected chi connectivity index (χ3v) is 9.09. The summed E-state index contributed by atoms with van der Waals surface area (Å²) in [6, 6.07) is 2.70. The van der Waals surface area contributed by atoms with Gasteiger partial charge in [-0.2, -0.15) is 0 Å². The van der Waals surface area contributed by atoms with Gasteiger partial charge in [-0.15, -0.1) is 9.24 Å². The van der Waals surface area contributed by atoms with Gasteiger partial charge in [-0.3, -0.25) is 33.7 Å². The van der Waals surface area contributed by atoms with E-state index in [0.717, 1.165) is 4.90 Å². The summed E-state index contributed by atoms with van der Waals surface area (Å²) in [4.78, 5) is 88.2. The molecule has 1 aromatic carbocycles. The van der Waals surface area contributed by atoms with Crippen LogP contribution in [0.15, 0.2) is 18.2 Å². The standard InChI is InChI=1S/C34H49N4O12P/c1-16(2)27(37-25(41)14-38-26(42)13-24(51)31(38)45)30(44)35-17(3)29(43)36-20-9-7-19(15-49-33(48)34(4,5)6)18(11-20)8-10-23-21(39)12-22(40)28(50-23)32(46)47/h7,9,11,16-17,21-24,27-28,39-40H,8,10,12-15,51H2,1-6H3,(H,35,44)(H,36,43)(H,37,41)(H,46,47)/t17-,21+,22-,23-,24?,27-,28-/m0/s1. The average molecular weight is 737 g/mol. The van der Waals surface area contributed by atoms with Gasteiger partial charge in [-0.25, -0.2) is 4.79 Å². The summed E-state index contributed by atoms with van der Waals surface area (Å²) in [5.74, 6) is -5.15. The number of likely N-dealkylation sites (tertiary alicyclic amines) is 1. The number of amides is 5. The van der Waals surface area contributed by atoms with Gasteiger partial charge < -0.3 is 40.7 Å². The topological polar surface area (TPSA) is 238 Å². The molecule has 5 amide bonds. The SMILES string of the molecule is CC(C)[C@H](NC(=O)CN1C(=O)CC(P)C1=O)C(=O)N[C@@H](C)C(=O)Nc1ccc(COC(=O)C(C)(C)C)c(CC[C@@H]2O[C@H](C(=O)O)[C@@H](O)C[C@H]2O)c1. The molecular weight excluding hydrogens is 687 g/mol. The number of carboxylic acid groups (broad SMARTS) is 1. The molecule has 2 fully saturated rings. The van der Waals surface area contributed by atoms with Crippen molar-refractivity contribution in [3.8, 4) is 0 Å². The van der Waals surface area contributed by atoms with E-state index in [1.807, 2.05) is 0 Å². The second kappa shape index (κ2) is 17.5. The lowest BCUT2D eigenvalue weighted by Crippen LogP contribution is -2.55. The summed E-state index contributed by atoms with van der Waals surface area (Å²) >= 11 is 0. The first-order valence-electron chi connectivity index (χ1n) is 16.7.